The Morgan fingerprint density at radius 3 is 2.68 bits per heavy atom. The van der Waals surface area contributed by atoms with E-state index in [-0.39, 0.29) is 5.56 Å². The molecule has 2 rings (SSSR count). The Balaban J connectivity index is 2.15. The molecule has 0 radical (unpaired) electrons. The minimum Gasteiger partial charge on any atom is -0.545 e. The summed E-state index contributed by atoms with van der Waals surface area (Å²) in [7, 11) is 0. The van der Waals surface area contributed by atoms with Crippen LogP contribution in [-0.2, 0) is 6.54 Å². The molecule has 0 amide bonds. The average molecular weight is 254 g/mol. The summed E-state index contributed by atoms with van der Waals surface area (Å²) < 4.78 is 2.06. The van der Waals surface area contributed by atoms with E-state index in [2.05, 4.69) is 16.5 Å². The molecule has 96 valence electrons. The zero-order valence-electron chi connectivity index (χ0n) is 10.6. The zero-order valence-corrected chi connectivity index (χ0v) is 10.6. The molecule has 1 aromatic carbocycles. The number of aliphatic imine (C=N–C) groups is 1. The van der Waals surface area contributed by atoms with Gasteiger partial charge >= 0.3 is 0 Å². The van der Waals surface area contributed by atoms with E-state index in [1.807, 2.05) is 24.5 Å². The van der Waals surface area contributed by atoms with Gasteiger partial charge in [-0.15, -0.1) is 0 Å². The van der Waals surface area contributed by atoms with Gasteiger partial charge in [0.25, 0.3) is 0 Å². The average Bonchev–Trinajstić information content (AvgIpc) is 2.46. The highest BCUT2D eigenvalue weighted by Crippen LogP contribution is 2.12. The van der Waals surface area contributed by atoms with Crippen LogP contribution >= 0.6 is 0 Å². The number of carbonyl (C=O) groups is 1. The SMILES string of the molecule is CC[n+]1cccc(C=Nc2ccc(C(=O)[O-])cc2)c1. The molecule has 0 fully saturated rings. The van der Waals surface area contributed by atoms with Gasteiger partial charge in [0.05, 0.1) is 17.2 Å². The van der Waals surface area contributed by atoms with Crippen LogP contribution < -0.4 is 9.67 Å². The second-order valence-corrected chi connectivity index (χ2v) is 4.06. The van der Waals surface area contributed by atoms with Crippen LogP contribution in [-0.4, -0.2) is 12.2 Å². The lowest BCUT2D eigenvalue weighted by Gasteiger charge is -2.01. The number of aryl methyl sites for hydroxylation is 1. The maximum absolute atomic E-state index is 10.6. The van der Waals surface area contributed by atoms with Crippen molar-refractivity contribution < 1.29 is 14.5 Å². The molecular formula is C15H14N2O2. The van der Waals surface area contributed by atoms with Crippen LogP contribution in [0.4, 0.5) is 5.69 Å². The molecule has 0 aliphatic carbocycles. The molecule has 2 aromatic rings. The topological polar surface area (TPSA) is 56.4 Å². The van der Waals surface area contributed by atoms with E-state index < -0.39 is 5.97 Å². The zero-order chi connectivity index (χ0) is 13.7. The van der Waals surface area contributed by atoms with Crippen LogP contribution in [0.15, 0.2) is 53.8 Å². The number of carboxylic acid groups (broad SMARTS) is 1. The van der Waals surface area contributed by atoms with Gasteiger partial charge in [0.2, 0.25) is 0 Å². The van der Waals surface area contributed by atoms with Crippen molar-refractivity contribution in [3.05, 3.63) is 59.9 Å². The van der Waals surface area contributed by atoms with Crippen molar-refractivity contribution in [3.63, 3.8) is 0 Å². The molecule has 0 atom stereocenters. The highest BCUT2D eigenvalue weighted by Gasteiger charge is 1.97. The lowest BCUT2D eigenvalue weighted by molar-refractivity contribution is -0.693. The number of aromatic carboxylic acids is 1. The van der Waals surface area contributed by atoms with Gasteiger partial charge in [-0.2, -0.15) is 0 Å². The lowest BCUT2D eigenvalue weighted by atomic mass is 10.2. The quantitative estimate of drug-likeness (QED) is 0.606. The fraction of sp³-hybridized carbons (Fsp3) is 0.133. The van der Waals surface area contributed by atoms with Crippen molar-refractivity contribution in [1.82, 2.24) is 0 Å². The van der Waals surface area contributed by atoms with Crippen LogP contribution in [0.5, 0.6) is 0 Å². The Morgan fingerprint density at radius 2 is 2.05 bits per heavy atom. The van der Waals surface area contributed by atoms with Crippen LogP contribution in [0.3, 0.4) is 0 Å². The van der Waals surface area contributed by atoms with E-state index >= 15 is 0 Å². The summed E-state index contributed by atoms with van der Waals surface area (Å²) in [6.45, 7) is 2.97. The van der Waals surface area contributed by atoms with Gasteiger partial charge in [0.15, 0.2) is 12.4 Å². The summed E-state index contributed by atoms with van der Waals surface area (Å²) in [6, 6.07) is 10.2. The summed E-state index contributed by atoms with van der Waals surface area (Å²) in [4.78, 5) is 14.9. The molecule has 0 saturated heterocycles. The molecule has 0 aliphatic rings. The second kappa shape index (κ2) is 5.91. The molecule has 0 spiro atoms. The van der Waals surface area contributed by atoms with Gasteiger partial charge in [0, 0.05) is 12.3 Å². The summed E-state index contributed by atoms with van der Waals surface area (Å²) in [5.41, 5.74) is 1.85. The van der Waals surface area contributed by atoms with E-state index in [1.54, 1.807) is 18.3 Å². The van der Waals surface area contributed by atoms with E-state index in [9.17, 15) is 9.90 Å². The smallest absolute Gasteiger partial charge is 0.177 e. The Morgan fingerprint density at radius 1 is 1.32 bits per heavy atom. The fourth-order valence-electron chi connectivity index (χ4n) is 1.65. The Hall–Kier alpha value is -2.49. The van der Waals surface area contributed by atoms with Gasteiger partial charge in [-0.3, -0.25) is 4.99 Å². The molecule has 1 aromatic heterocycles. The predicted octanol–water partition coefficient (Wildman–Crippen LogP) is 1.11. The minimum absolute atomic E-state index is 0.155. The Bertz CT molecular complexity index is 604. The molecule has 4 nitrogen and oxygen atoms in total. The van der Waals surface area contributed by atoms with Crippen molar-refractivity contribution in [3.8, 4) is 0 Å². The number of nitrogens with zero attached hydrogens (tertiary/aromatic N) is 2. The number of rotatable bonds is 4. The number of benzene rings is 1. The number of aromatic nitrogens is 1. The Kier molecular flexibility index (Phi) is 4.03. The third-order valence-corrected chi connectivity index (χ3v) is 2.71. The standard InChI is InChI=1S/C15H14N2O2/c1-2-17-9-3-4-12(11-17)10-16-14-7-5-13(6-8-14)15(18)19/h3-11H,2H2,1H3. The highest BCUT2D eigenvalue weighted by molar-refractivity contribution is 5.86. The molecule has 0 unspecified atom stereocenters. The first-order valence-corrected chi connectivity index (χ1v) is 6.03. The molecular weight excluding hydrogens is 240 g/mol. The second-order valence-electron chi connectivity index (χ2n) is 4.06. The largest absolute Gasteiger partial charge is 0.545 e. The first-order valence-electron chi connectivity index (χ1n) is 6.03. The van der Waals surface area contributed by atoms with Crippen molar-refractivity contribution in [1.29, 1.82) is 0 Å². The van der Waals surface area contributed by atoms with Crippen LogP contribution in [0.25, 0.3) is 0 Å². The number of pyridine rings is 1. The van der Waals surface area contributed by atoms with E-state index in [0.29, 0.717) is 5.69 Å². The van der Waals surface area contributed by atoms with Crippen LogP contribution in [0.2, 0.25) is 0 Å². The third-order valence-electron chi connectivity index (χ3n) is 2.71. The van der Waals surface area contributed by atoms with Gasteiger partial charge < -0.3 is 9.90 Å². The normalized spacial score (nSPS) is 10.8. The first kappa shape index (κ1) is 13.0. The summed E-state index contributed by atoms with van der Waals surface area (Å²) in [6.07, 6.45) is 5.74. The molecule has 19 heavy (non-hydrogen) atoms. The molecule has 1 heterocycles. The van der Waals surface area contributed by atoms with E-state index in [4.69, 9.17) is 0 Å². The molecule has 4 heteroatoms. The van der Waals surface area contributed by atoms with E-state index in [0.717, 1.165) is 12.1 Å². The maximum atomic E-state index is 10.6. The summed E-state index contributed by atoms with van der Waals surface area (Å²) in [5, 5.41) is 10.6. The monoisotopic (exact) mass is 254 g/mol. The first-order chi connectivity index (χ1) is 9.19. The summed E-state index contributed by atoms with van der Waals surface area (Å²) >= 11 is 0. The fourth-order valence-corrected chi connectivity index (χ4v) is 1.65. The number of hydrogen-bond donors (Lipinski definition) is 0. The number of carbonyl (C=O) groups excluding carboxylic acids is 1. The Labute approximate surface area is 111 Å². The molecule has 0 aliphatic heterocycles. The van der Waals surface area contributed by atoms with Crippen molar-refractivity contribution in [2.45, 2.75) is 13.5 Å². The van der Waals surface area contributed by atoms with Crippen LogP contribution in [0.1, 0.15) is 22.8 Å². The maximum Gasteiger partial charge on any atom is 0.177 e. The van der Waals surface area contributed by atoms with Gasteiger partial charge in [0.1, 0.15) is 6.54 Å². The van der Waals surface area contributed by atoms with E-state index in [1.165, 1.54) is 12.1 Å². The van der Waals surface area contributed by atoms with Gasteiger partial charge in [-0.1, -0.05) is 12.1 Å². The number of hydrogen-bond acceptors (Lipinski definition) is 3. The lowest BCUT2D eigenvalue weighted by Crippen LogP contribution is -2.31. The van der Waals surface area contributed by atoms with Crippen molar-refractivity contribution in [2.24, 2.45) is 4.99 Å². The molecule has 0 bridgehead atoms. The van der Waals surface area contributed by atoms with Crippen molar-refractivity contribution >= 4 is 17.9 Å². The molecule has 0 N–H and O–H groups in total. The van der Waals surface area contributed by atoms with Gasteiger partial charge in [-0.05, 0) is 30.7 Å². The highest BCUT2D eigenvalue weighted by atomic mass is 16.4. The van der Waals surface area contributed by atoms with Crippen LogP contribution in [0, 0.1) is 0 Å². The molecule has 0 saturated carbocycles. The van der Waals surface area contributed by atoms with Crippen molar-refractivity contribution in [2.75, 3.05) is 0 Å². The van der Waals surface area contributed by atoms with Gasteiger partial charge in [-0.25, -0.2) is 4.57 Å². The minimum atomic E-state index is -1.18. The summed E-state index contributed by atoms with van der Waals surface area (Å²) in [5.74, 6) is -1.18. The number of carboxylic acids is 1. The third kappa shape index (κ3) is 3.48. The predicted molar refractivity (Wildman–Crippen MR) is 70.3 cm³/mol.